The van der Waals surface area contributed by atoms with Crippen LogP contribution in [0.5, 0.6) is 5.75 Å². The van der Waals surface area contributed by atoms with Crippen LogP contribution in [0.1, 0.15) is 47.4 Å². The van der Waals surface area contributed by atoms with Gasteiger partial charge in [-0.15, -0.1) is 0 Å². The van der Waals surface area contributed by atoms with Crippen molar-refractivity contribution in [3.05, 3.63) is 58.6 Å². The molecule has 2 aromatic carbocycles. The van der Waals surface area contributed by atoms with E-state index in [2.05, 4.69) is 0 Å². The lowest BCUT2D eigenvalue weighted by Gasteiger charge is -2.18. The van der Waals surface area contributed by atoms with Crippen LogP contribution in [0.15, 0.2) is 42.5 Å². The molecule has 3 rings (SSSR count). The van der Waals surface area contributed by atoms with Crippen molar-refractivity contribution in [3.8, 4) is 5.75 Å². The van der Waals surface area contributed by atoms with Crippen molar-refractivity contribution in [2.75, 3.05) is 18.1 Å². The first-order valence-electron chi connectivity index (χ1n) is 9.48. The number of benzene rings is 2. The third-order valence-corrected chi connectivity index (χ3v) is 4.97. The lowest BCUT2D eigenvalue weighted by atomic mass is 10.1. The molecule has 6 nitrogen and oxygen atoms in total. The Hall–Kier alpha value is -2.86. The number of nitrogens with zero attached hydrogens (tertiary/aromatic N) is 1. The fourth-order valence-electron chi connectivity index (χ4n) is 3.15. The SMILES string of the molecule is CCOc1ccc(C(=O)[C@@H](C)OC(=O)c2ccc(Cl)c(N3CCCC3=O)c2)cc1. The van der Waals surface area contributed by atoms with Crippen molar-refractivity contribution in [2.24, 2.45) is 0 Å². The van der Waals surface area contributed by atoms with E-state index in [1.54, 1.807) is 35.2 Å². The number of anilines is 1. The quantitative estimate of drug-likeness (QED) is 0.498. The number of ether oxygens (including phenoxy) is 2. The van der Waals surface area contributed by atoms with Crippen molar-refractivity contribution >= 4 is 34.9 Å². The van der Waals surface area contributed by atoms with Gasteiger partial charge in [0, 0.05) is 18.5 Å². The summed E-state index contributed by atoms with van der Waals surface area (Å²) >= 11 is 6.21. The fraction of sp³-hybridized carbons (Fsp3) is 0.318. The molecule has 0 bridgehead atoms. The van der Waals surface area contributed by atoms with Gasteiger partial charge in [0.2, 0.25) is 11.7 Å². The van der Waals surface area contributed by atoms with Gasteiger partial charge >= 0.3 is 5.97 Å². The molecule has 1 amide bonds. The summed E-state index contributed by atoms with van der Waals surface area (Å²) < 4.78 is 10.7. The van der Waals surface area contributed by atoms with E-state index in [0.29, 0.717) is 41.6 Å². The highest BCUT2D eigenvalue weighted by Crippen LogP contribution is 2.30. The van der Waals surface area contributed by atoms with Crippen LogP contribution in [0.3, 0.4) is 0 Å². The van der Waals surface area contributed by atoms with Crippen LogP contribution in [0.25, 0.3) is 0 Å². The normalized spacial score (nSPS) is 14.6. The maximum atomic E-state index is 12.6. The van der Waals surface area contributed by atoms with Gasteiger partial charge in [-0.3, -0.25) is 9.59 Å². The molecule has 0 aromatic heterocycles. The average molecular weight is 416 g/mol. The summed E-state index contributed by atoms with van der Waals surface area (Å²) in [6.45, 7) is 4.50. The van der Waals surface area contributed by atoms with Gasteiger partial charge in [-0.2, -0.15) is 0 Å². The Morgan fingerprint density at radius 1 is 1.14 bits per heavy atom. The summed E-state index contributed by atoms with van der Waals surface area (Å²) in [4.78, 5) is 38.7. The molecule has 152 valence electrons. The number of halogens is 1. The molecule has 1 heterocycles. The van der Waals surface area contributed by atoms with Crippen molar-refractivity contribution < 1.29 is 23.9 Å². The van der Waals surface area contributed by atoms with Crippen molar-refractivity contribution in [1.29, 1.82) is 0 Å². The second-order valence-electron chi connectivity index (χ2n) is 6.68. The monoisotopic (exact) mass is 415 g/mol. The van der Waals surface area contributed by atoms with E-state index in [-0.39, 0.29) is 17.3 Å². The van der Waals surface area contributed by atoms with Crippen LogP contribution in [0.4, 0.5) is 5.69 Å². The number of Topliss-reactive ketones (excluding diaryl/α,β-unsaturated/α-hetero) is 1. The second kappa shape index (κ2) is 9.09. The predicted octanol–water partition coefficient (Wildman–Crippen LogP) is 4.29. The van der Waals surface area contributed by atoms with Gasteiger partial charge in [0.1, 0.15) is 5.75 Å². The van der Waals surface area contributed by atoms with Gasteiger partial charge in [-0.1, -0.05) is 11.6 Å². The Balaban J connectivity index is 1.70. The summed E-state index contributed by atoms with van der Waals surface area (Å²) in [5.74, 6) is -0.332. The molecule has 1 aliphatic rings. The molecule has 1 aliphatic heterocycles. The topological polar surface area (TPSA) is 72.9 Å². The smallest absolute Gasteiger partial charge is 0.338 e. The molecule has 1 atom stereocenters. The first-order valence-corrected chi connectivity index (χ1v) is 9.86. The zero-order valence-corrected chi connectivity index (χ0v) is 17.1. The van der Waals surface area contributed by atoms with E-state index in [1.807, 2.05) is 6.92 Å². The highest BCUT2D eigenvalue weighted by atomic mass is 35.5. The summed E-state index contributed by atoms with van der Waals surface area (Å²) in [6.07, 6.45) is 0.240. The average Bonchev–Trinajstić information content (AvgIpc) is 3.14. The summed E-state index contributed by atoms with van der Waals surface area (Å²) in [6, 6.07) is 11.3. The van der Waals surface area contributed by atoms with Gasteiger partial charge in [-0.25, -0.2) is 4.79 Å². The van der Waals surface area contributed by atoms with Gasteiger partial charge < -0.3 is 14.4 Å². The van der Waals surface area contributed by atoms with E-state index in [9.17, 15) is 14.4 Å². The van der Waals surface area contributed by atoms with Gasteiger partial charge in [-0.05, 0) is 62.7 Å². The summed E-state index contributed by atoms with van der Waals surface area (Å²) in [5, 5.41) is 0.385. The largest absolute Gasteiger partial charge is 0.494 e. The van der Waals surface area contributed by atoms with E-state index >= 15 is 0 Å². The zero-order valence-electron chi connectivity index (χ0n) is 16.3. The fourth-order valence-corrected chi connectivity index (χ4v) is 3.37. The highest BCUT2D eigenvalue weighted by Gasteiger charge is 2.26. The van der Waals surface area contributed by atoms with Crippen LogP contribution < -0.4 is 9.64 Å². The number of rotatable bonds is 7. The molecule has 0 aliphatic carbocycles. The number of carbonyl (C=O) groups is 3. The summed E-state index contributed by atoms with van der Waals surface area (Å²) in [7, 11) is 0. The van der Waals surface area contributed by atoms with Crippen LogP contribution in [0, 0.1) is 0 Å². The molecule has 0 radical (unpaired) electrons. The Labute approximate surface area is 174 Å². The predicted molar refractivity (Wildman–Crippen MR) is 110 cm³/mol. The third kappa shape index (κ3) is 4.77. The minimum Gasteiger partial charge on any atom is -0.494 e. The van der Waals surface area contributed by atoms with Crippen molar-refractivity contribution in [3.63, 3.8) is 0 Å². The molecule has 1 saturated heterocycles. The molecule has 0 unspecified atom stereocenters. The second-order valence-corrected chi connectivity index (χ2v) is 7.09. The Bertz CT molecular complexity index is 925. The lowest BCUT2D eigenvalue weighted by Crippen LogP contribution is -2.26. The van der Waals surface area contributed by atoms with Gasteiger partial charge in [0.05, 0.1) is 22.9 Å². The highest BCUT2D eigenvalue weighted by molar-refractivity contribution is 6.34. The number of carbonyl (C=O) groups excluding carboxylic acids is 3. The first kappa shape index (κ1) is 20.9. The van der Waals surface area contributed by atoms with Gasteiger partial charge in [0.25, 0.3) is 0 Å². The number of hydrogen-bond donors (Lipinski definition) is 0. The minimum absolute atomic E-state index is 0.0311. The van der Waals surface area contributed by atoms with Crippen LogP contribution in [-0.2, 0) is 9.53 Å². The Morgan fingerprint density at radius 2 is 1.83 bits per heavy atom. The standard InChI is InChI=1S/C22H22ClNO5/c1-3-28-17-9-6-15(7-10-17)21(26)14(2)29-22(27)16-8-11-18(23)19(13-16)24-12-4-5-20(24)25/h6-11,13-14H,3-5,12H2,1-2H3/t14-/m1/s1. The molecule has 29 heavy (non-hydrogen) atoms. The van der Waals surface area contributed by atoms with E-state index in [0.717, 1.165) is 6.42 Å². The Morgan fingerprint density at radius 3 is 2.45 bits per heavy atom. The van der Waals surface area contributed by atoms with Crippen molar-refractivity contribution in [2.45, 2.75) is 32.8 Å². The van der Waals surface area contributed by atoms with Crippen molar-refractivity contribution in [1.82, 2.24) is 0 Å². The maximum absolute atomic E-state index is 12.6. The molecule has 0 saturated carbocycles. The van der Waals surface area contributed by atoms with E-state index < -0.39 is 12.1 Å². The lowest BCUT2D eigenvalue weighted by molar-refractivity contribution is -0.117. The molecule has 2 aromatic rings. The minimum atomic E-state index is -0.965. The molecule has 0 N–H and O–H groups in total. The first-order chi connectivity index (χ1) is 13.9. The number of ketones is 1. The van der Waals surface area contributed by atoms with Gasteiger partial charge in [0.15, 0.2) is 6.10 Å². The van der Waals surface area contributed by atoms with Crippen LogP contribution in [0.2, 0.25) is 5.02 Å². The molecular formula is C22H22ClNO5. The number of hydrogen-bond acceptors (Lipinski definition) is 5. The number of amides is 1. The van der Waals surface area contributed by atoms with Crippen LogP contribution in [-0.4, -0.2) is 36.9 Å². The zero-order chi connectivity index (χ0) is 21.0. The van der Waals surface area contributed by atoms with E-state index in [4.69, 9.17) is 21.1 Å². The third-order valence-electron chi connectivity index (χ3n) is 4.65. The van der Waals surface area contributed by atoms with Crippen LogP contribution >= 0.6 is 11.6 Å². The molecule has 1 fully saturated rings. The number of esters is 1. The molecule has 7 heteroatoms. The molecular weight excluding hydrogens is 394 g/mol. The Kier molecular flexibility index (Phi) is 6.54. The molecule has 0 spiro atoms. The maximum Gasteiger partial charge on any atom is 0.338 e. The van der Waals surface area contributed by atoms with E-state index in [1.165, 1.54) is 19.1 Å². The summed E-state index contributed by atoms with van der Waals surface area (Å²) in [5.41, 5.74) is 1.14.